The summed E-state index contributed by atoms with van der Waals surface area (Å²) in [7, 11) is 0. The maximum absolute atomic E-state index is 10.4. The van der Waals surface area contributed by atoms with Crippen LogP contribution in [0.1, 0.15) is 18.7 Å². The summed E-state index contributed by atoms with van der Waals surface area (Å²) in [6.45, 7) is 1.54. The van der Waals surface area contributed by atoms with Gasteiger partial charge in [0.2, 0.25) is 10.3 Å². The molecule has 0 radical (unpaired) electrons. The molecule has 35 heavy (non-hydrogen) atoms. The quantitative estimate of drug-likeness (QED) is 0.326. The second kappa shape index (κ2) is 9.76. The molecule has 3 unspecified atom stereocenters. The number of hydrogen-bond acceptors (Lipinski definition) is 12. The van der Waals surface area contributed by atoms with Crippen LogP contribution in [0.4, 0.5) is 5.82 Å². The molecule has 1 saturated heterocycles. The van der Waals surface area contributed by atoms with E-state index in [1.54, 1.807) is 0 Å². The zero-order valence-corrected chi connectivity index (χ0v) is 20.1. The Morgan fingerprint density at radius 2 is 2.03 bits per heavy atom. The molecule has 184 valence electrons. The predicted molar refractivity (Wildman–Crippen MR) is 130 cm³/mol. The maximum Gasteiger partial charge on any atom is 0.244 e. The van der Waals surface area contributed by atoms with E-state index in [4.69, 9.17) is 16.3 Å². The largest absolute Gasteiger partial charge is 0.394 e. The number of nitrogens with zero attached hydrogens (tertiary/aromatic N) is 7. The van der Waals surface area contributed by atoms with E-state index in [1.165, 1.54) is 29.0 Å². The van der Waals surface area contributed by atoms with Crippen LogP contribution < -0.4 is 5.32 Å². The van der Waals surface area contributed by atoms with Crippen molar-refractivity contribution in [2.75, 3.05) is 17.7 Å². The fourth-order valence-corrected chi connectivity index (χ4v) is 5.23. The van der Waals surface area contributed by atoms with E-state index in [9.17, 15) is 15.3 Å². The molecule has 0 bridgehead atoms. The highest BCUT2D eigenvalue weighted by atomic mass is 35.5. The van der Waals surface area contributed by atoms with Gasteiger partial charge in [-0.3, -0.25) is 4.57 Å². The first kappa shape index (κ1) is 24.0. The standard InChI is InChI=1S/C21H23ClN8O4S/c1-11(8-35-21(24-9-25-29-21)12-5-3-2-4-6-12)26-17-14-18(28-20(22)27-17)30(10-23-14)19-16(33)15(32)13(7-31)34-19/h2-6,9-11,13,15-16,19,31-33H,7-8H2,1H3,(H,26,27,28)/t11-,13-,15?,16?,19-,21?/m1/s1. The van der Waals surface area contributed by atoms with E-state index in [-0.39, 0.29) is 11.3 Å². The molecule has 6 atom stereocenters. The van der Waals surface area contributed by atoms with Crippen LogP contribution in [0.15, 0.2) is 51.9 Å². The summed E-state index contributed by atoms with van der Waals surface area (Å²) in [5.74, 6) is 1.01. The summed E-state index contributed by atoms with van der Waals surface area (Å²) in [5, 5.41) is 41.5. The Labute approximate surface area is 209 Å². The number of ether oxygens (including phenoxy) is 1. The van der Waals surface area contributed by atoms with Gasteiger partial charge < -0.3 is 25.4 Å². The number of imidazole rings is 1. The van der Waals surface area contributed by atoms with Crippen molar-refractivity contribution >= 4 is 46.7 Å². The number of benzene rings is 1. The fraction of sp³-hybridized carbons (Fsp3) is 0.429. The van der Waals surface area contributed by atoms with Crippen LogP contribution in [0.5, 0.6) is 0 Å². The molecule has 0 saturated carbocycles. The number of thioether (sulfide) groups is 1. The van der Waals surface area contributed by atoms with Crippen molar-refractivity contribution < 1.29 is 20.1 Å². The molecule has 2 aliphatic rings. The number of azo groups is 1. The average Bonchev–Trinajstić information content (AvgIpc) is 3.57. The predicted octanol–water partition coefficient (Wildman–Crippen LogP) is 1.93. The number of aliphatic hydroxyl groups excluding tert-OH is 3. The summed E-state index contributed by atoms with van der Waals surface area (Å²) in [6, 6.07) is 9.64. The maximum atomic E-state index is 10.4. The third-order valence-electron chi connectivity index (χ3n) is 5.73. The molecule has 2 aromatic heterocycles. The molecule has 2 aliphatic heterocycles. The topological polar surface area (TPSA) is 163 Å². The number of fused-ring (bicyclic) bond motifs is 1. The van der Waals surface area contributed by atoms with Crippen molar-refractivity contribution in [1.82, 2.24) is 19.5 Å². The van der Waals surface area contributed by atoms with Crippen LogP contribution in [0.2, 0.25) is 5.28 Å². The summed E-state index contributed by atoms with van der Waals surface area (Å²) in [4.78, 5) is 16.6. The van der Waals surface area contributed by atoms with Crippen LogP contribution >= 0.6 is 23.4 Å². The van der Waals surface area contributed by atoms with E-state index in [0.717, 1.165) is 5.56 Å². The number of aliphatic imine (C=N–C) groups is 1. The molecule has 5 rings (SSSR count). The second-order valence-electron chi connectivity index (χ2n) is 8.18. The van der Waals surface area contributed by atoms with E-state index >= 15 is 0 Å². The van der Waals surface area contributed by atoms with Crippen molar-refractivity contribution in [3.63, 3.8) is 0 Å². The van der Waals surface area contributed by atoms with Gasteiger partial charge in [-0.25, -0.2) is 9.98 Å². The van der Waals surface area contributed by atoms with Crippen molar-refractivity contribution in [2.45, 2.75) is 42.5 Å². The minimum atomic E-state index is -1.28. The highest BCUT2D eigenvalue weighted by Gasteiger charge is 2.44. The Morgan fingerprint density at radius 3 is 2.71 bits per heavy atom. The van der Waals surface area contributed by atoms with Crippen LogP contribution in [-0.2, 0) is 9.73 Å². The SMILES string of the molecule is C[C@H](CSC1(c2ccccc2)N=CN=N1)Nc1nc(Cl)nc2c1ncn2[C@@H]1O[C@H](CO)C(O)C1O. The lowest BCUT2D eigenvalue weighted by atomic mass is 10.1. The van der Waals surface area contributed by atoms with E-state index in [2.05, 4.69) is 35.5 Å². The highest BCUT2D eigenvalue weighted by Crippen LogP contribution is 2.42. The zero-order chi connectivity index (χ0) is 24.6. The molecule has 0 aliphatic carbocycles. The third-order valence-corrected chi connectivity index (χ3v) is 7.39. The lowest BCUT2D eigenvalue weighted by Gasteiger charge is -2.23. The number of aromatic nitrogens is 4. The van der Waals surface area contributed by atoms with Gasteiger partial charge in [-0.05, 0) is 18.5 Å². The molecule has 4 N–H and O–H groups in total. The molecule has 1 aromatic carbocycles. The Bertz CT molecular complexity index is 1250. The normalized spacial score (nSPS) is 28.7. The third kappa shape index (κ3) is 4.50. The molecule has 4 heterocycles. The highest BCUT2D eigenvalue weighted by molar-refractivity contribution is 8.00. The van der Waals surface area contributed by atoms with Gasteiger partial charge in [0.05, 0.1) is 12.9 Å². The van der Waals surface area contributed by atoms with Crippen LogP contribution in [0, 0.1) is 0 Å². The van der Waals surface area contributed by atoms with Gasteiger partial charge in [0.1, 0.15) is 24.7 Å². The van der Waals surface area contributed by atoms with Gasteiger partial charge in [0.15, 0.2) is 23.2 Å². The summed E-state index contributed by atoms with van der Waals surface area (Å²) in [5.41, 5.74) is 1.66. The van der Waals surface area contributed by atoms with Gasteiger partial charge in [-0.15, -0.1) is 10.2 Å². The number of aliphatic hydroxyl groups is 3. The number of hydrogen-bond donors (Lipinski definition) is 4. The minimum Gasteiger partial charge on any atom is -0.394 e. The summed E-state index contributed by atoms with van der Waals surface area (Å²) >= 11 is 7.72. The summed E-state index contributed by atoms with van der Waals surface area (Å²) in [6.07, 6.45) is -1.56. The lowest BCUT2D eigenvalue weighted by molar-refractivity contribution is -0.0511. The first-order valence-corrected chi connectivity index (χ1v) is 12.2. The first-order chi connectivity index (χ1) is 16.9. The van der Waals surface area contributed by atoms with Crippen LogP contribution in [0.25, 0.3) is 11.2 Å². The molecule has 0 amide bonds. The van der Waals surface area contributed by atoms with Crippen molar-refractivity contribution in [1.29, 1.82) is 0 Å². The Hall–Kier alpha value is -2.68. The van der Waals surface area contributed by atoms with Gasteiger partial charge >= 0.3 is 0 Å². The van der Waals surface area contributed by atoms with Crippen molar-refractivity contribution in [2.24, 2.45) is 15.2 Å². The Morgan fingerprint density at radius 1 is 1.23 bits per heavy atom. The molecule has 14 heteroatoms. The molecule has 0 spiro atoms. The molecule has 1 fully saturated rings. The number of halogens is 1. The average molecular weight is 519 g/mol. The molecule has 3 aromatic rings. The number of anilines is 1. The zero-order valence-electron chi connectivity index (χ0n) is 18.5. The van der Waals surface area contributed by atoms with Crippen LogP contribution in [0.3, 0.4) is 0 Å². The molecule has 12 nitrogen and oxygen atoms in total. The smallest absolute Gasteiger partial charge is 0.244 e. The number of nitrogens with one attached hydrogen (secondary N) is 1. The monoisotopic (exact) mass is 518 g/mol. The molecular weight excluding hydrogens is 496 g/mol. The minimum absolute atomic E-state index is 0.0247. The van der Waals surface area contributed by atoms with E-state index < -0.39 is 36.1 Å². The van der Waals surface area contributed by atoms with E-state index in [1.807, 2.05) is 37.3 Å². The fourth-order valence-electron chi connectivity index (χ4n) is 3.97. The number of rotatable bonds is 8. The Kier molecular flexibility index (Phi) is 6.70. The second-order valence-corrected chi connectivity index (χ2v) is 9.71. The lowest BCUT2D eigenvalue weighted by Crippen LogP contribution is -2.33. The van der Waals surface area contributed by atoms with E-state index in [0.29, 0.717) is 22.7 Å². The van der Waals surface area contributed by atoms with Gasteiger partial charge in [-0.1, -0.05) is 42.1 Å². The first-order valence-electron chi connectivity index (χ1n) is 10.9. The summed E-state index contributed by atoms with van der Waals surface area (Å²) < 4.78 is 7.08. The van der Waals surface area contributed by atoms with Gasteiger partial charge in [0.25, 0.3) is 0 Å². The molecular formula is C21H23ClN8O4S. The van der Waals surface area contributed by atoms with Crippen molar-refractivity contribution in [3.8, 4) is 0 Å². The van der Waals surface area contributed by atoms with Gasteiger partial charge in [-0.2, -0.15) is 9.97 Å². The van der Waals surface area contributed by atoms with Gasteiger partial charge in [0, 0.05) is 17.4 Å². The van der Waals surface area contributed by atoms with Crippen LogP contribution in [-0.4, -0.2) is 77.9 Å². The Balaban J connectivity index is 1.35. The van der Waals surface area contributed by atoms with Crippen molar-refractivity contribution in [3.05, 3.63) is 47.5 Å².